The van der Waals surface area contributed by atoms with Crippen molar-refractivity contribution >= 4 is 22.8 Å². The van der Waals surface area contributed by atoms with Gasteiger partial charge < -0.3 is 9.80 Å². The van der Waals surface area contributed by atoms with Gasteiger partial charge in [0, 0.05) is 31.6 Å². The first-order valence-electron chi connectivity index (χ1n) is 7.78. The van der Waals surface area contributed by atoms with E-state index in [0.29, 0.717) is 6.04 Å². The Morgan fingerprint density at radius 2 is 2.00 bits per heavy atom. The van der Waals surface area contributed by atoms with E-state index in [9.17, 15) is 4.79 Å². The maximum absolute atomic E-state index is 11.3. The molecule has 2 rings (SSSR count). The quantitative estimate of drug-likeness (QED) is 0.801. The van der Waals surface area contributed by atoms with Gasteiger partial charge in [-0.15, -0.1) is 0 Å². The topological polar surface area (TPSA) is 36.4 Å². The first kappa shape index (κ1) is 16.4. The van der Waals surface area contributed by atoms with E-state index in [4.69, 9.17) is 4.98 Å². The van der Waals surface area contributed by atoms with Crippen molar-refractivity contribution in [1.82, 2.24) is 9.88 Å². The molecule has 0 bridgehead atoms. The van der Waals surface area contributed by atoms with Gasteiger partial charge in [0.25, 0.3) is 0 Å². The summed E-state index contributed by atoms with van der Waals surface area (Å²) in [5, 5.41) is 0.983. The second kappa shape index (κ2) is 6.44. The van der Waals surface area contributed by atoms with Gasteiger partial charge in [-0.1, -0.05) is 39.0 Å². The number of nitrogens with zero attached hydrogens (tertiary/aromatic N) is 3. The van der Waals surface area contributed by atoms with Gasteiger partial charge in [-0.25, -0.2) is 4.98 Å². The van der Waals surface area contributed by atoms with Crippen LogP contribution < -0.4 is 4.90 Å². The van der Waals surface area contributed by atoms with Gasteiger partial charge in [0.15, 0.2) is 11.4 Å². The predicted molar refractivity (Wildman–Crippen MR) is 89.7 cm³/mol. The summed E-state index contributed by atoms with van der Waals surface area (Å²) >= 11 is 1.53. The predicted octanol–water partition coefficient (Wildman–Crippen LogP) is 3.17. The van der Waals surface area contributed by atoms with Crippen molar-refractivity contribution in [2.24, 2.45) is 0 Å². The highest BCUT2D eigenvalue weighted by Gasteiger charge is 2.27. The Labute approximate surface area is 132 Å². The molecule has 1 aromatic heterocycles. The molecule has 0 amide bonds. The Balaban J connectivity index is 2.15. The van der Waals surface area contributed by atoms with E-state index in [1.54, 1.807) is 0 Å². The van der Waals surface area contributed by atoms with E-state index >= 15 is 0 Å². The molecule has 1 saturated heterocycles. The van der Waals surface area contributed by atoms with Crippen molar-refractivity contribution in [3.63, 3.8) is 0 Å². The van der Waals surface area contributed by atoms with E-state index < -0.39 is 0 Å². The van der Waals surface area contributed by atoms with Gasteiger partial charge in [0.05, 0.1) is 10.6 Å². The minimum absolute atomic E-state index is 0.0859. The molecule has 2 heterocycles. The molecule has 5 heteroatoms. The van der Waals surface area contributed by atoms with Crippen LogP contribution in [0.15, 0.2) is 0 Å². The molecule has 0 spiro atoms. The minimum Gasteiger partial charge on any atom is -0.348 e. The summed E-state index contributed by atoms with van der Waals surface area (Å²) in [5.41, 5.74) is 0.840. The number of piperidine rings is 1. The van der Waals surface area contributed by atoms with Crippen LogP contribution in [0, 0.1) is 0 Å². The number of carbonyl (C=O) groups excluding carboxylic acids is 1. The largest absolute Gasteiger partial charge is 0.348 e. The Morgan fingerprint density at radius 3 is 2.43 bits per heavy atom. The highest BCUT2D eigenvalue weighted by atomic mass is 32.1. The molecule has 21 heavy (non-hydrogen) atoms. The molecule has 1 aliphatic rings. The van der Waals surface area contributed by atoms with E-state index in [0.717, 1.165) is 41.6 Å². The first-order valence-corrected chi connectivity index (χ1v) is 8.60. The van der Waals surface area contributed by atoms with Gasteiger partial charge >= 0.3 is 0 Å². The van der Waals surface area contributed by atoms with E-state index in [1.807, 2.05) is 0 Å². The third-order valence-corrected chi connectivity index (χ3v) is 5.38. The Morgan fingerprint density at radius 1 is 1.38 bits per heavy atom. The van der Waals surface area contributed by atoms with Crippen molar-refractivity contribution in [3.8, 4) is 0 Å². The fourth-order valence-corrected chi connectivity index (χ4v) is 3.99. The highest BCUT2D eigenvalue weighted by Crippen LogP contribution is 2.34. The smallest absolute Gasteiger partial charge is 0.186 e. The van der Waals surface area contributed by atoms with Crippen LogP contribution in [-0.4, -0.2) is 48.9 Å². The summed E-state index contributed by atoms with van der Waals surface area (Å²) in [5.74, 6) is 0. The number of rotatable bonds is 4. The molecular formula is C16H27N3OS. The average molecular weight is 309 g/mol. The third-order valence-electron chi connectivity index (χ3n) is 4.31. The van der Waals surface area contributed by atoms with Crippen LogP contribution >= 0.6 is 11.3 Å². The number of aromatic nitrogens is 1. The van der Waals surface area contributed by atoms with Crippen molar-refractivity contribution in [1.29, 1.82) is 0 Å². The Bertz CT molecular complexity index is 484. The van der Waals surface area contributed by atoms with Crippen LogP contribution in [0.25, 0.3) is 0 Å². The standard InChI is InChI=1S/C16H27N3OS/c1-6-19-9-7-12(8-10-19)18(5)15-17-14(16(2,3)4)13(11-20)21-15/h11-12H,6-10H2,1-5H3. The molecule has 1 aliphatic heterocycles. The summed E-state index contributed by atoms with van der Waals surface area (Å²) in [7, 11) is 2.12. The summed E-state index contributed by atoms with van der Waals surface area (Å²) in [4.78, 5) is 21.6. The van der Waals surface area contributed by atoms with Crippen molar-refractivity contribution in [3.05, 3.63) is 10.6 Å². The van der Waals surface area contributed by atoms with Gasteiger partial charge in [-0.3, -0.25) is 4.79 Å². The summed E-state index contributed by atoms with van der Waals surface area (Å²) in [6, 6.07) is 0.534. The second-order valence-corrected chi connectivity index (χ2v) is 7.86. The zero-order valence-corrected chi connectivity index (χ0v) is 14.7. The third kappa shape index (κ3) is 3.64. The number of hydrogen-bond acceptors (Lipinski definition) is 5. The maximum Gasteiger partial charge on any atom is 0.186 e. The number of carbonyl (C=O) groups is 1. The summed E-state index contributed by atoms with van der Waals surface area (Å²) < 4.78 is 0. The molecule has 4 nitrogen and oxygen atoms in total. The molecule has 0 radical (unpaired) electrons. The van der Waals surface area contributed by atoms with Crippen LogP contribution in [0.3, 0.4) is 0 Å². The monoisotopic (exact) mass is 309 g/mol. The molecule has 0 unspecified atom stereocenters. The number of aldehydes is 1. The van der Waals surface area contributed by atoms with Crippen LogP contribution in [0.1, 0.15) is 55.9 Å². The number of anilines is 1. The fraction of sp³-hybridized carbons (Fsp3) is 0.750. The lowest BCUT2D eigenvalue weighted by molar-refractivity contribution is 0.112. The maximum atomic E-state index is 11.3. The normalized spacial score (nSPS) is 18.0. The first-order chi connectivity index (χ1) is 9.86. The summed E-state index contributed by atoms with van der Waals surface area (Å²) in [6.07, 6.45) is 3.30. The van der Waals surface area contributed by atoms with Crippen LogP contribution in [0.4, 0.5) is 5.13 Å². The zero-order valence-electron chi connectivity index (χ0n) is 13.8. The SMILES string of the molecule is CCN1CCC(N(C)c2nc(C(C)(C)C)c(C=O)s2)CC1. The number of hydrogen-bond donors (Lipinski definition) is 0. The fourth-order valence-electron chi connectivity index (χ4n) is 2.87. The van der Waals surface area contributed by atoms with Gasteiger partial charge in [-0.2, -0.15) is 0 Å². The molecule has 0 saturated carbocycles. The van der Waals surface area contributed by atoms with Crippen molar-refractivity contribution in [2.75, 3.05) is 31.6 Å². The average Bonchev–Trinajstić information content (AvgIpc) is 2.91. The zero-order chi connectivity index (χ0) is 15.6. The minimum atomic E-state index is -0.0859. The number of thiazole rings is 1. The van der Waals surface area contributed by atoms with Gasteiger partial charge in [-0.05, 0) is 19.4 Å². The van der Waals surface area contributed by atoms with Gasteiger partial charge in [0.1, 0.15) is 0 Å². The Hall–Kier alpha value is -0.940. The molecule has 0 N–H and O–H groups in total. The van der Waals surface area contributed by atoms with E-state index in [-0.39, 0.29) is 5.41 Å². The lowest BCUT2D eigenvalue weighted by Gasteiger charge is -2.36. The van der Waals surface area contributed by atoms with Gasteiger partial charge in [0.2, 0.25) is 0 Å². The molecule has 118 valence electrons. The lowest BCUT2D eigenvalue weighted by Crippen LogP contribution is -2.43. The second-order valence-electron chi connectivity index (χ2n) is 6.85. The van der Waals surface area contributed by atoms with Crippen molar-refractivity contribution < 1.29 is 4.79 Å². The lowest BCUT2D eigenvalue weighted by atomic mass is 9.91. The highest BCUT2D eigenvalue weighted by molar-refractivity contribution is 7.17. The molecule has 0 aliphatic carbocycles. The van der Waals surface area contributed by atoms with Crippen LogP contribution in [-0.2, 0) is 5.41 Å². The van der Waals surface area contributed by atoms with Crippen LogP contribution in [0.2, 0.25) is 0 Å². The van der Waals surface area contributed by atoms with E-state index in [2.05, 4.69) is 44.5 Å². The summed E-state index contributed by atoms with van der Waals surface area (Å²) in [6.45, 7) is 12.0. The molecule has 1 fully saturated rings. The van der Waals surface area contributed by atoms with E-state index in [1.165, 1.54) is 24.2 Å². The number of likely N-dealkylation sites (tertiary alicyclic amines) is 1. The Kier molecular flexibility index (Phi) is 5.04. The van der Waals surface area contributed by atoms with Crippen LogP contribution in [0.5, 0.6) is 0 Å². The molecule has 0 atom stereocenters. The molecule has 0 aromatic carbocycles. The molecule has 1 aromatic rings. The molecular weight excluding hydrogens is 282 g/mol. The van der Waals surface area contributed by atoms with Crippen molar-refractivity contribution in [2.45, 2.75) is 52.0 Å².